The van der Waals surface area contributed by atoms with Gasteiger partial charge in [-0.1, -0.05) is 12.1 Å². The van der Waals surface area contributed by atoms with E-state index in [1.165, 1.54) is 6.07 Å². The maximum atomic E-state index is 11.2. The lowest BCUT2D eigenvalue weighted by molar-refractivity contribution is -0.383. The second-order valence-corrected chi connectivity index (χ2v) is 6.37. The Morgan fingerprint density at radius 3 is 3.00 bits per heavy atom. The quantitative estimate of drug-likeness (QED) is 0.624. The van der Waals surface area contributed by atoms with Gasteiger partial charge in [0.2, 0.25) is 0 Å². The highest BCUT2D eigenvalue weighted by Gasteiger charge is 2.34. The van der Waals surface area contributed by atoms with E-state index in [0.717, 1.165) is 23.2 Å². The Hall–Kier alpha value is -2.25. The molecule has 1 aromatic heterocycles. The summed E-state index contributed by atoms with van der Waals surface area (Å²) in [5.74, 6) is 0. The first kappa shape index (κ1) is 16.6. The smallest absolute Gasteiger partial charge is 0.295 e. The molecule has 1 aliphatic heterocycles. The van der Waals surface area contributed by atoms with Crippen molar-refractivity contribution in [3.63, 3.8) is 0 Å². The molecule has 1 unspecified atom stereocenters. The zero-order chi connectivity index (χ0) is 17.2. The average molecular weight is 331 g/mol. The van der Waals surface area contributed by atoms with E-state index in [4.69, 9.17) is 4.74 Å². The predicted molar refractivity (Wildman–Crippen MR) is 91.2 cm³/mol. The first-order chi connectivity index (χ1) is 11.5. The van der Waals surface area contributed by atoms with E-state index in [2.05, 4.69) is 10.3 Å². The third-order valence-electron chi connectivity index (χ3n) is 4.62. The number of nitrogens with zero attached hydrogens (tertiary/aromatic N) is 2. The molecule has 2 N–H and O–H groups in total. The number of pyridine rings is 1. The van der Waals surface area contributed by atoms with Crippen molar-refractivity contribution in [3.05, 3.63) is 40.1 Å². The minimum Gasteiger partial charge on any atom is -0.396 e. The second kappa shape index (κ2) is 6.70. The van der Waals surface area contributed by atoms with Crippen LogP contribution < -0.4 is 5.32 Å². The van der Waals surface area contributed by atoms with Crippen molar-refractivity contribution in [2.45, 2.75) is 19.8 Å². The van der Waals surface area contributed by atoms with Crippen LogP contribution in [0, 0.1) is 22.5 Å². The van der Waals surface area contributed by atoms with Crippen molar-refractivity contribution in [3.8, 4) is 0 Å². The van der Waals surface area contributed by atoms with Gasteiger partial charge in [0.05, 0.1) is 11.5 Å². The van der Waals surface area contributed by atoms with Crippen LogP contribution in [0.25, 0.3) is 10.9 Å². The molecule has 1 atom stereocenters. The number of nitrogens with one attached hydrogen (secondary N) is 1. The summed E-state index contributed by atoms with van der Waals surface area (Å²) >= 11 is 0. The molecule has 1 fully saturated rings. The van der Waals surface area contributed by atoms with Crippen molar-refractivity contribution in [1.29, 1.82) is 0 Å². The molecule has 1 aromatic carbocycles. The number of ether oxygens (including phenoxy) is 1. The summed E-state index contributed by atoms with van der Waals surface area (Å²) in [5.41, 5.74) is 1.85. The molecule has 0 saturated carbocycles. The summed E-state index contributed by atoms with van der Waals surface area (Å²) in [6.07, 6.45) is 1.56. The van der Waals surface area contributed by atoms with Gasteiger partial charge in [0.25, 0.3) is 5.69 Å². The number of anilines is 1. The zero-order valence-corrected chi connectivity index (χ0v) is 13.6. The van der Waals surface area contributed by atoms with Crippen molar-refractivity contribution >= 4 is 22.3 Å². The maximum Gasteiger partial charge on any atom is 0.295 e. The molecule has 0 bridgehead atoms. The molecule has 0 radical (unpaired) electrons. The van der Waals surface area contributed by atoms with Gasteiger partial charge >= 0.3 is 0 Å². The molecule has 0 spiro atoms. The fraction of sp³-hybridized carbons (Fsp3) is 0.471. The first-order valence-corrected chi connectivity index (χ1v) is 8.02. The Labute approximate surface area is 139 Å². The van der Waals surface area contributed by atoms with Crippen LogP contribution in [0.2, 0.25) is 0 Å². The number of nitro groups is 1. The number of rotatable bonds is 6. The van der Waals surface area contributed by atoms with Gasteiger partial charge in [0.15, 0.2) is 5.52 Å². The average Bonchev–Trinajstić information content (AvgIpc) is 3.01. The van der Waals surface area contributed by atoms with E-state index in [9.17, 15) is 15.2 Å². The van der Waals surface area contributed by atoms with Crippen LogP contribution in [0.1, 0.15) is 18.5 Å². The minimum absolute atomic E-state index is 0.00789. The van der Waals surface area contributed by atoms with Crippen LogP contribution in [0.5, 0.6) is 0 Å². The molecule has 2 aromatic rings. The highest BCUT2D eigenvalue weighted by molar-refractivity contribution is 5.96. The second-order valence-electron chi connectivity index (χ2n) is 6.37. The van der Waals surface area contributed by atoms with Crippen LogP contribution in [0.4, 0.5) is 11.4 Å². The number of aliphatic hydroxyl groups is 1. The Bertz CT molecular complexity index is 757. The number of nitro benzene ring substituents is 1. The van der Waals surface area contributed by atoms with E-state index in [-0.39, 0.29) is 17.7 Å². The molecule has 0 amide bonds. The van der Waals surface area contributed by atoms with Crippen LogP contribution in [-0.4, -0.2) is 41.4 Å². The lowest BCUT2D eigenvalue weighted by Crippen LogP contribution is -2.31. The SMILES string of the molecule is Cc1cc(NCC2(CCO)CCOC2)c2cccc([N+](=O)[O-])c2n1. The zero-order valence-electron chi connectivity index (χ0n) is 13.6. The largest absolute Gasteiger partial charge is 0.396 e. The van der Waals surface area contributed by atoms with Crippen LogP contribution >= 0.6 is 0 Å². The first-order valence-electron chi connectivity index (χ1n) is 8.02. The number of hydrogen-bond donors (Lipinski definition) is 2. The summed E-state index contributed by atoms with van der Waals surface area (Å²) in [4.78, 5) is 15.2. The maximum absolute atomic E-state index is 11.2. The van der Waals surface area contributed by atoms with Crippen molar-refractivity contribution in [1.82, 2.24) is 4.98 Å². The standard InChI is InChI=1S/C17H21N3O4/c1-12-9-14(18-10-17(5-7-21)6-8-24-11-17)13-3-2-4-15(20(22)23)16(13)19-12/h2-4,9,21H,5-8,10-11H2,1H3,(H,18,19). The number of aryl methyl sites for hydroxylation is 1. The number of aromatic nitrogens is 1. The summed E-state index contributed by atoms with van der Waals surface area (Å²) in [6.45, 7) is 3.90. The molecule has 3 rings (SSSR count). The Morgan fingerprint density at radius 1 is 1.50 bits per heavy atom. The molecule has 128 valence electrons. The number of benzene rings is 1. The third-order valence-corrected chi connectivity index (χ3v) is 4.62. The Kier molecular flexibility index (Phi) is 4.64. The number of hydrogen-bond acceptors (Lipinski definition) is 6. The number of para-hydroxylation sites is 1. The van der Waals surface area contributed by atoms with Crippen molar-refractivity contribution in [2.24, 2.45) is 5.41 Å². The Morgan fingerprint density at radius 2 is 2.33 bits per heavy atom. The van der Waals surface area contributed by atoms with Gasteiger partial charge in [-0.3, -0.25) is 10.1 Å². The highest BCUT2D eigenvalue weighted by Crippen LogP contribution is 2.34. The van der Waals surface area contributed by atoms with E-state index in [1.807, 2.05) is 19.1 Å². The minimum atomic E-state index is -0.406. The van der Waals surface area contributed by atoms with Gasteiger partial charge in [-0.25, -0.2) is 4.98 Å². The molecular weight excluding hydrogens is 310 g/mol. The number of aliphatic hydroxyl groups excluding tert-OH is 1. The molecule has 1 aliphatic rings. The van der Waals surface area contributed by atoms with Crippen LogP contribution in [0.3, 0.4) is 0 Å². The summed E-state index contributed by atoms with van der Waals surface area (Å²) in [6, 6.07) is 6.87. The van der Waals surface area contributed by atoms with E-state index in [1.54, 1.807) is 6.07 Å². The van der Waals surface area contributed by atoms with E-state index >= 15 is 0 Å². The lowest BCUT2D eigenvalue weighted by Gasteiger charge is -2.27. The summed E-state index contributed by atoms with van der Waals surface area (Å²) in [5, 5.41) is 24.7. The number of fused-ring (bicyclic) bond motifs is 1. The predicted octanol–water partition coefficient (Wildman–Crippen LogP) is 2.65. The molecule has 7 nitrogen and oxygen atoms in total. The normalized spacial score (nSPS) is 20.4. The van der Waals surface area contributed by atoms with Crippen LogP contribution in [-0.2, 0) is 4.74 Å². The molecule has 1 saturated heterocycles. The third kappa shape index (κ3) is 3.18. The van der Waals surface area contributed by atoms with Gasteiger partial charge in [-0.05, 0) is 25.8 Å². The van der Waals surface area contributed by atoms with Gasteiger partial charge in [-0.15, -0.1) is 0 Å². The van der Waals surface area contributed by atoms with Crippen molar-refractivity contribution in [2.75, 3.05) is 31.7 Å². The van der Waals surface area contributed by atoms with E-state index < -0.39 is 4.92 Å². The summed E-state index contributed by atoms with van der Waals surface area (Å²) in [7, 11) is 0. The molecule has 0 aliphatic carbocycles. The lowest BCUT2D eigenvalue weighted by atomic mass is 9.84. The monoisotopic (exact) mass is 331 g/mol. The fourth-order valence-corrected chi connectivity index (χ4v) is 3.25. The topological polar surface area (TPSA) is 97.5 Å². The van der Waals surface area contributed by atoms with Gasteiger partial charge in [0, 0.05) is 48.0 Å². The highest BCUT2D eigenvalue weighted by atomic mass is 16.6. The molecule has 7 heteroatoms. The summed E-state index contributed by atoms with van der Waals surface area (Å²) < 4.78 is 5.51. The van der Waals surface area contributed by atoms with Gasteiger partial charge < -0.3 is 15.2 Å². The molecule has 24 heavy (non-hydrogen) atoms. The van der Waals surface area contributed by atoms with Gasteiger partial charge in [0.1, 0.15) is 0 Å². The molecular formula is C17H21N3O4. The fourth-order valence-electron chi connectivity index (χ4n) is 3.25. The molecule has 2 heterocycles. The Balaban J connectivity index is 1.94. The van der Waals surface area contributed by atoms with E-state index in [0.29, 0.717) is 31.7 Å². The number of non-ortho nitro benzene ring substituents is 1. The van der Waals surface area contributed by atoms with Crippen LogP contribution in [0.15, 0.2) is 24.3 Å². The van der Waals surface area contributed by atoms with Crippen molar-refractivity contribution < 1.29 is 14.8 Å². The van der Waals surface area contributed by atoms with Gasteiger partial charge in [-0.2, -0.15) is 0 Å².